The molecule has 0 aromatic carbocycles. The van der Waals surface area contributed by atoms with Crippen molar-refractivity contribution in [3.8, 4) is 0 Å². The standard InChI is InChI=1S/C16H33N3O/c1-4-15-12-20-10-9-19(15)16(13-17)5-7-18(8-6-16)11-14(2)3/h14-15H,4-13,17H2,1-3H3. The summed E-state index contributed by atoms with van der Waals surface area (Å²) in [4.78, 5) is 5.29. The predicted octanol–water partition coefficient (Wildman–Crippen LogP) is 1.55. The van der Waals surface area contributed by atoms with Gasteiger partial charge in [0.1, 0.15) is 0 Å². The van der Waals surface area contributed by atoms with Crippen LogP contribution in [-0.4, -0.2) is 67.3 Å². The summed E-state index contributed by atoms with van der Waals surface area (Å²) in [6, 6.07) is 0.559. The number of rotatable bonds is 5. The smallest absolute Gasteiger partial charge is 0.0622 e. The highest BCUT2D eigenvalue weighted by molar-refractivity contribution is 4.99. The van der Waals surface area contributed by atoms with E-state index in [-0.39, 0.29) is 5.54 Å². The Morgan fingerprint density at radius 2 is 1.95 bits per heavy atom. The van der Waals surface area contributed by atoms with Crippen LogP contribution < -0.4 is 5.73 Å². The Bertz CT molecular complexity index is 287. The van der Waals surface area contributed by atoms with E-state index in [4.69, 9.17) is 10.5 Å². The summed E-state index contributed by atoms with van der Waals surface area (Å²) in [6.45, 7) is 14.1. The molecule has 2 heterocycles. The van der Waals surface area contributed by atoms with Crippen LogP contribution >= 0.6 is 0 Å². The number of nitrogens with zero attached hydrogens (tertiary/aromatic N) is 2. The minimum atomic E-state index is 0.220. The second-order valence-electron chi connectivity index (χ2n) is 6.95. The first-order chi connectivity index (χ1) is 9.61. The van der Waals surface area contributed by atoms with Crippen LogP contribution in [0.5, 0.6) is 0 Å². The van der Waals surface area contributed by atoms with Gasteiger partial charge in [0.2, 0.25) is 0 Å². The molecule has 2 aliphatic heterocycles. The van der Waals surface area contributed by atoms with Crippen molar-refractivity contribution in [3.05, 3.63) is 0 Å². The fourth-order valence-electron chi connectivity index (χ4n) is 3.89. The third-order valence-electron chi connectivity index (χ3n) is 5.10. The van der Waals surface area contributed by atoms with Crippen LogP contribution in [-0.2, 0) is 4.74 Å². The minimum Gasteiger partial charge on any atom is -0.378 e. The lowest BCUT2D eigenvalue weighted by atomic mass is 9.83. The topological polar surface area (TPSA) is 41.7 Å². The Balaban J connectivity index is 2.00. The minimum absolute atomic E-state index is 0.220. The molecule has 0 aromatic heterocycles. The monoisotopic (exact) mass is 283 g/mol. The van der Waals surface area contributed by atoms with Crippen molar-refractivity contribution in [3.63, 3.8) is 0 Å². The lowest BCUT2D eigenvalue weighted by molar-refractivity contribution is -0.0830. The molecule has 0 amide bonds. The van der Waals surface area contributed by atoms with Crippen molar-refractivity contribution < 1.29 is 4.74 Å². The average Bonchev–Trinajstić information content (AvgIpc) is 2.48. The molecule has 118 valence electrons. The van der Waals surface area contributed by atoms with Gasteiger partial charge in [0.15, 0.2) is 0 Å². The number of piperidine rings is 1. The molecule has 0 spiro atoms. The molecule has 2 rings (SSSR count). The molecule has 4 heteroatoms. The van der Waals surface area contributed by atoms with E-state index in [1.165, 1.54) is 32.5 Å². The average molecular weight is 283 g/mol. The molecule has 1 atom stereocenters. The van der Waals surface area contributed by atoms with E-state index in [9.17, 15) is 0 Å². The molecule has 2 fully saturated rings. The van der Waals surface area contributed by atoms with Crippen LogP contribution in [0.15, 0.2) is 0 Å². The molecule has 0 aromatic rings. The number of morpholine rings is 1. The fraction of sp³-hybridized carbons (Fsp3) is 1.00. The molecule has 2 saturated heterocycles. The van der Waals surface area contributed by atoms with Crippen LogP contribution in [0.25, 0.3) is 0 Å². The maximum atomic E-state index is 6.23. The van der Waals surface area contributed by atoms with E-state index in [2.05, 4.69) is 30.6 Å². The van der Waals surface area contributed by atoms with E-state index < -0.39 is 0 Å². The molecule has 2 aliphatic rings. The van der Waals surface area contributed by atoms with Gasteiger partial charge < -0.3 is 15.4 Å². The first-order valence-corrected chi connectivity index (χ1v) is 8.38. The van der Waals surface area contributed by atoms with Crippen LogP contribution in [0.3, 0.4) is 0 Å². The van der Waals surface area contributed by atoms with Gasteiger partial charge in [0.25, 0.3) is 0 Å². The van der Waals surface area contributed by atoms with Gasteiger partial charge in [0, 0.05) is 31.2 Å². The highest BCUT2D eigenvalue weighted by atomic mass is 16.5. The summed E-state index contributed by atoms with van der Waals surface area (Å²) in [6.07, 6.45) is 3.59. The number of hydrogen-bond acceptors (Lipinski definition) is 4. The first-order valence-electron chi connectivity index (χ1n) is 8.38. The molecular formula is C16H33N3O. The number of ether oxygens (including phenoxy) is 1. The highest BCUT2D eigenvalue weighted by Gasteiger charge is 2.42. The van der Waals surface area contributed by atoms with Crippen molar-refractivity contribution >= 4 is 0 Å². The SMILES string of the molecule is CCC1COCCN1C1(CN)CCN(CC(C)C)CC1. The highest BCUT2D eigenvalue weighted by Crippen LogP contribution is 2.32. The Morgan fingerprint density at radius 3 is 2.50 bits per heavy atom. The van der Waals surface area contributed by atoms with Crippen LogP contribution in [0.4, 0.5) is 0 Å². The maximum absolute atomic E-state index is 6.23. The summed E-state index contributed by atoms with van der Waals surface area (Å²) in [7, 11) is 0. The molecule has 20 heavy (non-hydrogen) atoms. The largest absolute Gasteiger partial charge is 0.378 e. The quantitative estimate of drug-likeness (QED) is 0.831. The molecule has 1 unspecified atom stereocenters. The number of nitrogens with two attached hydrogens (primary N) is 1. The normalized spacial score (nSPS) is 28.9. The van der Waals surface area contributed by atoms with Crippen LogP contribution in [0.2, 0.25) is 0 Å². The van der Waals surface area contributed by atoms with E-state index >= 15 is 0 Å². The zero-order chi connectivity index (χ0) is 14.6. The summed E-state index contributed by atoms with van der Waals surface area (Å²) < 4.78 is 5.66. The number of likely N-dealkylation sites (tertiary alicyclic amines) is 1. The molecule has 0 radical (unpaired) electrons. The van der Waals surface area contributed by atoms with Gasteiger partial charge in [-0.2, -0.15) is 0 Å². The zero-order valence-corrected chi connectivity index (χ0v) is 13.6. The Morgan fingerprint density at radius 1 is 1.25 bits per heavy atom. The van der Waals surface area contributed by atoms with Crippen molar-refractivity contribution in [1.29, 1.82) is 0 Å². The lowest BCUT2D eigenvalue weighted by Crippen LogP contribution is -2.65. The Hall–Kier alpha value is -0.160. The van der Waals surface area contributed by atoms with Gasteiger partial charge in [-0.15, -0.1) is 0 Å². The van der Waals surface area contributed by atoms with Gasteiger partial charge in [0.05, 0.1) is 13.2 Å². The second kappa shape index (κ2) is 7.21. The van der Waals surface area contributed by atoms with Gasteiger partial charge in [-0.1, -0.05) is 20.8 Å². The molecule has 0 saturated carbocycles. The molecule has 0 bridgehead atoms. The van der Waals surface area contributed by atoms with E-state index in [1.807, 2.05) is 0 Å². The summed E-state index contributed by atoms with van der Waals surface area (Å²) in [5, 5.41) is 0. The van der Waals surface area contributed by atoms with E-state index in [0.717, 1.165) is 38.6 Å². The molecular weight excluding hydrogens is 250 g/mol. The van der Waals surface area contributed by atoms with Crippen molar-refractivity contribution in [2.75, 3.05) is 45.9 Å². The first kappa shape index (κ1) is 16.2. The zero-order valence-electron chi connectivity index (χ0n) is 13.6. The van der Waals surface area contributed by atoms with Crippen molar-refractivity contribution in [2.45, 2.75) is 51.6 Å². The van der Waals surface area contributed by atoms with Crippen LogP contribution in [0.1, 0.15) is 40.0 Å². The second-order valence-corrected chi connectivity index (χ2v) is 6.95. The Labute approximate surface area is 124 Å². The van der Waals surface area contributed by atoms with Gasteiger partial charge in [-0.25, -0.2) is 0 Å². The maximum Gasteiger partial charge on any atom is 0.0622 e. The third kappa shape index (κ3) is 3.53. The lowest BCUT2D eigenvalue weighted by Gasteiger charge is -2.53. The van der Waals surface area contributed by atoms with Crippen molar-refractivity contribution in [1.82, 2.24) is 9.80 Å². The molecule has 0 aliphatic carbocycles. The Kier molecular flexibility index (Phi) is 5.84. The number of hydrogen-bond donors (Lipinski definition) is 1. The van der Waals surface area contributed by atoms with Gasteiger partial charge in [-0.05, 0) is 38.3 Å². The van der Waals surface area contributed by atoms with E-state index in [0.29, 0.717) is 6.04 Å². The molecule has 2 N–H and O–H groups in total. The van der Waals surface area contributed by atoms with Gasteiger partial charge >= 0.3 is 0 Å². The van der Waals surface area contributed by atoms with Crippen LogP contribution in [0, 0.1) is 5.92 Å². The fourth-order valence-corrected chi connectivity index (χ4v) is 3.89. The predicted molar refractivity (Wildman–Crippen MR) is 83.9 cm³/mol. The van der Waals surface area contributed by atoms with Gasteiger partial charge in [-0.3, -0.25) is 4.90 Å². The van der Waals surface area contributed by atoms with E-state index in [1.54, 1.807) is 0 Å². The summed E-state index contributed by atoms with van der Waals surface area (Å²) >= 11 is 0. The summed E-state index contributed by atoms with van der Waals surface area (Å²) in [5.74, 6) is 0.757. The molecule has 4 nitrogen and oxygen atoms in total. The third-order valence-corrected chi connectivity index (χ3v) is 5.10. The summed E-state index contributed by atoms with van der Waals surface area (Å²) in [5.41, 5.74) is 6.45. The van der Waals surface area contributed by atoms with Crippen molar-refractivity contribution in [2.24, 2.45) is 11.7 Å².